The summed E-state index contributed by atoms with van der Waals surface area (Å²) in [5.41, 5.74) is 6.57. The molecule has 0 aliphatic heterocycles. The topological polar surface area (TPSA) is 74.9 Å². The van der Waals surface area contributed by atoms with Crippen LogP contribution in [0.25, 0.3) is 10.9 Å². The largest absolute Gasteiger partial charge is 0.506 e. The highest BCUT2D eigenvalue weighted by molar-refractivity contribution is 5.91. The Balaban J connectivity index is 2.93. The van der Waals surface area contributed by atoms with E-state index in [0.29, 0.717) is 11.2 Å². The van der Waals surface area contributed by atoms with E-state index >= 15 is 0 Å². The zero-order valence-corrected chi connectivity index (χ0v) is 5.70. The van der Waals surface area contributed by atoms with Gasteiger partial charge in [0.1, 0.15) is 5.75 Å². The van der Waals surface area contributed by atoms with E-state index in [0.717, 1.165) is 5.39 Å². The maximum atomic E-state index is 9.16. The first-order chi connectivity index (χ1) is 5.29. The molecule has 4 nitrogen and oxygen atoms in total. The molecule has 56 valence electrons. The maximum Gasteiger partial charge on any atom is 0.140 e. The van der Waals surface area contributed by atoms with Crippen LogP contribution in [0.4, 0.5) is 5.69 Å². The predicted molar refractivity (Wildman–Crippen MR) is 42.2 cm³/mol. The van der Waals surface area contributed by atoms with Crippen LogP contribution in [0.15, 0.2) is 18.3 Å². The van der Waals surface area contributed by atoms with Crippen molar-refractivity contribution in [2.24, 2.45) is 0 Å². The average molecular weight is 149 g/mol. The van der Waals surface area contributed by atoms with Crippen molar-refractivity contribution in [3.8, 4) is 5.75 Å². The summed E-state index contributed by atoms with van der Waals surface area (Å²) in [6.45, 7) is 0. The van der Waals surface area contributed by atoms with Gasteiger partial charge in [0.25, 0.3) is 0 Å². The van der Waals surface area contributed by atoms with E-state index in [9.17, 15) is 0 Å². The Bertz CT molecular complexity index is 393. The van der Waals surface area contributed by atoms with Gasteiger partial charge in [-0.15, -0.1) is 0 Å². The van der Waals surface area contributed by atoms with Crippen molar-refractivity contribution in [2.75, 3.05) is 5.73 Å². The van der Waals surface area contributed by atoms with Gasteiger partial charge >= 0.3 is 0 Å². The van der Waals surface area contributed by atoms with Crippen molar-refractivity contribution in [2.45, 2.75) is 0 Å². The first-order valence-electron chi connectivity index (χ1n) is 3.19. The number of phenolic OH excluding ortho intramolecular Hbond substituents is 1. The van der Waals surface area contributed by atoms with Crippen LogP contribution in [0.2, 0.25) is 0 Å². The minimum atomic E-state index is 0.0850. The summed E-state index contributed by atoms with van der Waals surface area (Å²) in [5.74, 6) is 0.0850. The van der Waals surface area contributed by atoms with Gasteiger partial charge in [0.15, 0.2) is 0 Å². The molecule has 1 heterocycles. The third-order valence-corrected chi connectivity index (χ3v) is 1.63. The Morgan fingerprint density at radius 1 is 1.45 bits per heavy atom. The number of phenols is 1. The van der Waals surface area contributed by atoms with E-state index in [-0.39, 0.29) is 5.75 Å². The molecular formula is C7H7N3O. The molecule has 0 saturated carbocycles. The van der Waals surface area contributed by atoms with Gasteiger partial charge in [0, 0.05) is 5.39 Å². The molecule has 0 unspecified atom stereocenters. The smallest absolute Gasteiger partial charge is 0.140 e. The molecule has 1 aromatic heterocycles. The zero-order chi connectivity index (χ0) is 7.84. The number of aromatic amines is 1. The summed E-state index contributed by atoms with van der Waals surface area (Å²) in [5, 5.41) is 16.5. The number of benzene rings is 1. The summed E-state index contributed by atoms with van der Waals surface area (Å²) in [7, 11) is 0. The lowest BCUT2D eigenvalue weighted by Crippen LogP contribution is -1.86. The molecule has 0 spiro atoms. The van der Waals surface area contributed by atoms with Crippen molar-refractivity contribution in [1.82, 2.24) is 10.2 Å². The summed E-state index contributed by atoms with van der Waals surface area (Å²) >= 11 is 0. The molecule has 0 atom stereocenters. The van der Waals surface area contributed by atoms with Crippen LogP contribution in [0.5, 0.6) is 5.75 Å². The molecule has 11 heavy (non-hydrogen) atoms. The van der Waals surface area contributed by atoms with Gasteiger partial charge in [-0.3, -0.25) is 5.10 Å². The van der Waals surface area contributed by atoms with Crippen LogP contribution in [0.3, 0.4) is 0 Å². The second kappa shape index (κ2) is 1.88. The fourth-order valence-electron chi connectivity index (χ4n) is 1.02. The van der Waals surface area contributed by atoms with Crippen LogP contribution in [-0.4, -0.2) is 15.3 Å². The van der Waals surface area contributed by atoms with E-state index in [4.69, 9.17) is 10.8 Å². The lowest BCUT2D eigenvalue weighted by molar-refractivity contribution is 0.478. The molecule has 4 heteroatoms. The molecule has 1 aromatic carbocycles. The number of rotatable bonds is 0. The van der Waals surface area contributed by atoms with Gasteiger partial charge in [0.2, 0.25) is 0 Å². The zero-order valence-electron chi connectivity index (χ0n) is 5.70. The number of hydrogen-bond donors (Lipinski definition) is 3. The van der Waals surface area contributed by atoms with Crippen LogP contribution >= 0.6 is 0 Å². The highest BCUT2D eigenvalue weighted by Crippen LogP contribution is 2.26. The highest BCUT2D eigenvalue weighted by Gasteiger charge is 2.02. The van der Waals surface area contributed by atoms with Crippen molar-refractivity contribution < 1.29 is 5.11 Å². The van der Waals surface area contributed by atoms with E-state index < -0.39 is 0 Å². The molecule has 0 aliphatic rings. The Labute approximate surface area is 62.6 Å². The Hall–Kier alpha value is -1.71. The monoisotopic (exact) mass is 149 g/mol. The minimum absolute atomic E-state index is 0.0850. The van der Waals surface area contributed by atoms with Gasteiger partial charge in [-0.05, 0) is 12.1 Å². The lowest BCUT2D eigenvalue weighted by Gasteiger charge is -1.97. The number of nitrogens with two attached hydrogens (primary N) is 1. The molecule has 0 fully saturated rings. The van der Waals surface area contributed by atoms with Gasteiger partial charge in [-0.2, -0.15) is 5.10 Å². The van der Waals surface area contributed by atoms with E-state index in [1.165, 1.54) is 0 Å². The summed E-state index contributed by atoms with van der Waals surface area (Å²) in [6.07, 6.45) is 1.66. The third kappa shape index (κ3) is 0.724. The number of aromatic nitrogens is 2. The van der Waals surface area contributed by atoms with Crippen molar-refractivity contribution in [1.29, 1.82) is 0 Å². The first-order valence-corrected chi connectivity index (χ1v) is 3.19. The molecular weight excluding hydrogens is 142 g/mol. The summed E-state index contributed by atoms with van der Waals surface area (Å²) in [4.78, 5) is 0. The van der Waals surface area contributed by atoms with Crippen LogP contribution in [0, 0.1) is 0 Å². The summed E-state index contributed by atoms with van der Waals surface area (Å²) < 4.78 is 0. The Kier molecular flexibility index (Phi) is 1.03. The number of H-pyrrole nitrogens is 1. The molecule has 0 saturated heterocycles. The predicted octanol–water partition coefficient (Wildman–Crippen LogP) is 0.851. The molecule has 2 rings (SSSR count). The van der Waals surface area contributed by atoms with E-state index in [1.54, 1.807) is 18.3 Å². The Morgan fingerprint density at radius 2 is 2.27 bits per heavy atom. The minimum Gasteiger partial charge on any atom is -0.506 e. The van der Waals surface area contributed by atoms with Gasteiger partial charge in [-0.1, -0.05) is 0 Å². The molecule has 4 N–H and O–H groups in total. The SMILES string of the molecule is Nc1c(O)ccc2cn[nH]c12. The van der Waals surface area contributed by atoms with Crippen LogP contribution in [0.1, 0.15) is 0 Å². The fourth-order valence-corrected chi connectivity index (χ4v) is 1.02. The molecule has 0 amide bonds. The van der Waals surface area contributed by atoms with E-state index in [2.05, 4.69) is 10.2 Å². The quantitative estimate of drug-likeness (QED) is 0.384. The number of fused-ring (bicyclic) bond motifs is 1. The number of nitrogens with one attached hydrogen (secondary N) is 1. The van der Waals surface area contributed by atoms with Gasteiger partial charge < -0.3 is 10.8 Å². The molecule has 2 aromatic rings. The normalized spacial score (nSPS) is 10.5. The second-order valence-corrected chi connectivity index (χ2v) is 2.33. The highest BCUT2D eigenvalue weighted by atomic mass is 16.3. The fraction of sp³-hybridized carbons (Fsp3) is 0. The van der Waals surface area contributed by atoms with Crippen LogP contribution < -0.4 is 5.73 Å². The standard InChI is InChI=1S/C7H7N3O/c8-6-5(11)2-1-4-3-9-10-7(4)6/h1-3,11H,8H2,(H,9,10). The third-order valence-electron chi connectivity index (χ3n) is 1.63. The van der Waals surface area contributed by atoms with E-state index in [1.807, 2.05) is 0 Å². The Morgan fingerprint density at radius 3 is 3.09 bits per heavy atom. The van der Waals surface area contributed by atoms with Crippen LogP contribution in [-0.2, 0) is 0 Å². The molecule has 0 radical (unpaired) electrons. The molecule has 0 bridgehead atoms. The van der Waals surface area contributed by atoms with Crippen molar-refractivity contribution in [3.63, 3.8) is 0 Å². The van der Waals surface area contributed by atoms with Crippen molar-refractivity contribution >= 4 is 16.6 Å². The van der Waals surface area contributed by atoms with Crippen molar-refractivity contribution in [3.05, 3.63) is 18.3 Å². The maximum absolute atomic E-state index is 9.16. The average Bonchev–Trinajstić information content (AvgIpc) is 2.45. The second-order valence-electron chi connectivity index (χ2n) is 2.33. The van der Waals surface area contributed by atoms with Gasteiger partial charge in [0.05, 0.1) is 17.4 Å². The number of nitrogen functional groups attached to an aromatic ring is 1. The summed E-state index contributed by atoms with van der Waals surface area (Å²) in [6, 6.07) is 3.30. The number of hydrogen-bond acceptors (Lipinski definition) is 3. The first kappa shape index (κ1) is 6.03. The van der Waals surface area contributed by atoms with Gasteiger partial charge in [-0.25, -0.2) is 0 Å². The number of aromatic hydroxyl groups is 1. The molecule has 0 aliphatic carbocycles. The number of anilines is 1. The number of nitrogens with zero attached hydrogens (tertiary/aromatic N) is 1. The lowest BCUT2D eigenvalue weighted by atomic mass is 10.2.